The summed E-state index contributed by atoms with van der Waals surface area (Å²) in [5, 5.41) is 0. The Morgan fingerprint density at radius 1 is 1.15 bits per heavy atom. The fourth-order valence-electron chi connectivity index (χ4n) is 5.15. The number of hydrogen-bond acceptors (Lipinski definition) is 9. The molecule has 1 atom stereocenters. The van der Waals surface area contributed by atoms with Gasteiger partial charge < -0.3 is 29.7 Å². The SMILES string of the molecule is COC(=O)N1CCc2nc(N3CCC(Oc4ccc(F)cc4F)CC3)c(C(=C/N)/C=N/C3CCCCO3)nc2C1. The molecule has 0 spiro atoms. The zero-order chi connectivity index (χ0) is 28.1. The number of nitrogens with two attached hydrogens (primary N) is 1. The molecule has 0 saturated carbocycles. The van der Waals surface area contributed by atoms with Gasteiger partial charge in [0.25, 0.3) is 0 Å². The monoisotopic (exact) mass is 556 g/mol. The van der Waals surface area contributed by atoms with Crippen LogP contribution in [0.1, 0.15) is 49.2 Å². The molecule has 0 radical (unpaired) electrons. The number of aromatic nitrogens is 2. The van der Waals surface area contributed by atoms with Gasteiger partial charge in [0.05, 0.1) is 25.0 Å². The van der Waals surface area contributed by atoms with Crippen LogP contribution in [0.4, 0.5) is 19.4 Å². The molecule has 214 valence electrons. The second-order valence-corrected chi connectivity index (χ2v) is 10.0. The topological polar surface area (TPSA) is 115 Å². The van der Waals surface area contributed by atoms with E-state index in [2.05, 4.69) is 9.89 Å². The van der Waals surface area contributed by atoms with Crippen molar-refractivity contribution >= 4 is 23.7 Å². The molecule has 5 rings (SSSR count). The number of rotatable bonds is 6. The third-order valence-corrected chi connectivity index (χ3v) is 7.34. The Kier molecular flexibility index (Phi) is 8.73. The summed E-state index contributed by atoms with van der Waals surface area (Å²) in [5.41, 5.74) is 8.74. The van der Waals surface area contributed by atoms with Gasteiger partial charge in [-0.1, -0.05) is 0 Å². The molecule has 12 heteroatoms. The summed E-state index contributed by atoms with van der Waals surface area (Å²) in [6, 6.07) is 3.32. The summed E-state index contributed by atoms with van der Waals surface area (Å²) in [4.78, 5) is 30.4. The quantitative estimate of drug-likeness (QED) is 0.534. The zero-order valence-corrected chi connectivity index (χ0v) is 22.5. The number of methoxy groups -OCH3 is 1. The van der Waals surface area contributed by atoms with E-state index in [4.69, 9.17) is 29.9 Å². The van der Waals surface area contributed by atoms with Gasteiger partial charge in [-0.15, -0.1) is 0 Å². The molecule has 10 nitrogen and oxygen atoms in total. The molecule has 2 saturated heterocycles. The van der Waals surface area contributed by atoms with Crippen molar-refractivity contribution in [3.8, 4) is 5.75 Å². The number of piperidine rings is 1. The number of nitrogens with zero attached hydrogens (tertiary/aromatic N) is 5. The van der Waals surface area contributed by atoms with E-state index in [-0.39, 0.29) is 24.6 Å². The molecule has 4 heterocycles. The van der Waals surface area contributed by atoms with Gasteiger partial charge in [0.15, 0.2) is 17.4 Å². The molecule has 2 aromatic rings. The van der Waals surface area contributed by atoms with Crippen LogP contribution in [0.15, 0.2) is 29.4 Å². The molecule has 2 fully saturated rings. The number of hydrogen-bond donors (Lipinski definition) is 1. The van der Waals surface area contributed by atoms with Gasteiger partial charge in [0.2, 0.25) is 0 Å². The summed E-state index contributed by atoms with van der Waals surface area (Å²) >= 11 is 0. The molecule has 2 N–H and O–H groups in total. The Morgan fingerprint density at radius 2 is 1.98 bits per heavy atom. The highest BCUT2D eigenvalue weighted by atomic mass is 19.1. The van der Waals surface area contributed by atoms with E-state index in [0.29, 0.717) is 68.3 Å². The average Bonchev–Trinajstić information content (AvgIpc) is 2.98. The maximum Gasteiger partial charge on any atom is 0.409 e. The maximum absolute atomic E-state index is 14.1. The molecule has 1 amide bonds. The van der Waals surface area contributed by atoms with E-state index in [1.165, 1.54) is 25.4 Å². The van der Waals surface area contributed by atoms with Crippen molar-refractivity contribution < 1.29 is 27.8 Å². The minimum absolute atomic E-state index is 0.0405. The molecule has 3 aliphatic rings. The summed E-state index contributed by atoms with van der Waals surface area (Å²) in [6.07, 6.45) is 6.95. The molecule has 3 aliphatic heterocycles. The highest BCUT2D eigenvalue weighted by molar-refractivity contribution is 6.10. The number of fused-ring (bicyclic) bond motifs is 1. The summed E-state index contributed by atoms with van der Waals surface area (Å²) in [6.45, 7) is 2.61. The van der Waals surface area contributed by atoms with E-state index in [0.717, 1.165) is 31.0 Å². The molecule has 0 aliphatic carbocycles. The average molecular weight is 557 g/mol. The summed E-state index contributed by atoms with van der Waals surface area (Å²) in [5.74, 6) is -0.649. The first kappa shape index (κ1) is 27.8. The van der Waals surface area contributed by atoms with Gasteiger partial charge in [-0.2, -0.15) is 0 Å². The molecule has 1 aromatic heterocycles. The second-order valence-electron chi connectivity index (χ2n) is 10.0. The predicted octanol–water partition coefficient (Wildman–Crippen LogP) is 3.82. The Bertz CT molecular complexity index is 1280. The Morgan fingerprint density at radius 3 is 2.67 bits per heavy atom. The van der Waals surface area contributed by atoms with Crippen LogP contribution in [0, 0.1) is 11.6 Å². The van der Waals surface area contributed by atoms with Gasteiger partial charge in [-0.25, -0.2) is 23.5 Å². The molecule has 0 bridgehead atoms. The minimum Gasteiger partial charge on any atom is -0.487 e. The lowest BCUT2D eigenvalue weighted by Gasteiger charge is -2.35. The third-order valence-electron chi connectivity index (χ3n) is 7.34. The fraction of sp³-hybridized carbons (Fsp3) is 0.500. The van der Waals surface area contributed by atoms with Crippen molar-refractivity contribution in [3.05, 3.63) is 53.1 Å². The van der Waals surface area contributed by atoms with E-state index < -0.39 is 17.7 Å². The predicted molar refractivity (Wildman–Crippen MR) is 145 cm³/mol. The number of aliphatic imine (C=N–C) groups is 1. The van der Waals surface area contributed by atoms with Crippen LogP contribution < -0.4 is 15.4 Å². The lowest BCUT2D eigenvalue weighted by molar-refractivity contribution is 0.0227. The first-order valence-corrected chi connectivity index (χ1v) is 13.6. The number of halogens is 2. The lowest BCUT2D eigenvalue weighted by Crippen LogP contribution is -2.41. The first-order chi connectivity index (χ1) is 19.4. The number of allylic oxidation sites excluding steroid dienone is 1. The molecule has 40 heavy (non-hydrogen) atoms. The van der Waals surface area contributed by atoms with Crippen molar-refractivity contribution in [2.24, 2.45) is 10.7 Å². The fourth-order valence-corrected chi connectivity index (χ4v) is 5.15. The van der Waals surface area contributed by atoms with Crippen molar-refractivity contribution in [2.75, 3.05) is 38.3 Å². The molecule has 1 unspecified atom stereocenters. The number of carbonyl (C=O) groups is 1. The van der Waals surface area contributed by atoms with Crippen molar-refractivity contribution in [3.63, 3.8) is 0 Å². The first-order valence-electron chi connectivity index (χ1n) is 13.6. The van der Waals surface area contributed by atoms with Crippen LogP contribution in [0.25, 0.3) is 5.57 Å². The number of ether oxygens (including phenoxy) is 3. The van der Waals surface area contributed by atoms with Crippen LogP contribution in [0.2, 0.25) is 0 Å². The highest BCUT2D eigenvalue weighted by Gasteiger charge is 2.30. The van der Waals surface area contributed by atoms with Crippen LogP contribution >= 0.6 is 0 Å². The highest BCUT2D eigenvalue weighted by Crippen LogP contribution is 2.31. The van der Waals surface area contributed by atoms with Crippen LogP contribution in [0.3, 0.4) is 0 Å². The van der Waals surface area contributed by atoms with Crippen molar-refractivity contribution in [2.45, 2.75) is 57.4 Å². The van der Waals surface area contributed by atoms with E-state index in [9.17, 15) is 13.6 Å². The van der Waals surface area contributed by atoms with Gasteiger partial charge in [-0.05, 0) is 31.4 Å². The van der Waals surface area contributed by atoms with Crippen molar-refractivity contribution in [1.29, 1.82) is 0 Å². The largest absolute Gasteiger partial charge is 0.487 e. The number of anilines is 1. The van der Waals surface area contributed by atoms with Crippen LogP contribution in [0.5, 0.6) is 5.75 Å². The van der Waals surface area contributed by atoms with Crippen LogP contribution in [-0.2, 0) is 22.4 Å². The number of amides is 1. The molecular weight excluding hydrogens is 522 g/mol. The Hall–Kier alpha value is -3.80. The number of benzene rings is 1. The van der Waals surface area contributed by atoms with Gasteiger partial charge >= 0.3 is 6.09 Å². The third kappa shape index (κ3) is 6.33. The summed E-state index contributed by atoms with van der Waals surface area (Å²) < 4.78 is 43.9. The smallest absolute Gasteiger partial charge is 0.409 e. The van der Waals surface area contributed by atoms with Gasteiger partial charge in [-0.3, -0.25) is 4.99 Å². The molecule has 1 aromatic carbocycles. The van der Waals surface area contributed by atoms with E-state index in [1.807, 2.05) is 0 Å². The minimum atomic E-state index is -0.717. The Labute approximate surface area is 231 Å². The standard InChI is InChI=1S/C28H34F2N6O4/c1-38-28(37)36-12-9-22-23(17-36)33-26(18(15-31)16-32-25-4-2-3-13-39-25)27(34-22)35-10-7-20(8-11-35)40-24-6-5-19(29)14-21(24)30/h5-6,14-16,20,25H,2-4,7-13,17,31H2,1H3/b18-15+,32-16+. The second kappa shape index (κ2) is 12.6. The number of carbonyl (C=O) groups excluding carboxylic acids is 1. The Balaban J connectivity index is 1.38. The maximum atomic E-state index is 14.1. The normalized spacial score (nSPS) is 20.5. The van der Waals surface area contributed by atoms with Gasteiger partial charge in [0, 0.05) is 69.6 Å². The van der Waals surface area contributed by atoms with E-state index >= 15 is 0 Å². The summed E-state index contributed by atoms with van der Waals surface area (Å²) in [7, 11) is 1.36. The lowest BCUT2D eigenvalue weighted by atomic mass is 10.1. The van der Waals surface area contributed by atoms with Crippen molar-refractivity contribution in [1.82, 2.24) is 14.9 Å². The van der Waals surface area contributed by atoms with Gasteiger partial charge in [0.1, 0.15) is 23.8 Å². The van der Waals surface area contributed by atoms with E-state index in [1.54, 1.807) is 11.1 Å². The zero-order valence-electron chi connectivity index (χ0n) is 22.5. The van der Waals surface area contributed by atoms with Crippen LogP contribution in [-0.4, -0.2) is 72.9 Å². The molecular formula is C28H34F2N6O4.